The number of imidazole rings is 1. The fraction of sp³-hybridized carbons (Fsp3) is 0.469. The number of pyridine rings is 1. The van der Waals surface area contributed by atoms with Crippen molar-refractivity contribution in [2.75, 3.05) is 23.3 Å². The standard InChI is InChI=1S/C32H36F3N7O2/c1-20(22-5-4-6-22)12-17-37-27-26-28(39-29(38-27)30(43)44)40-31(41-18-3-2-7-25(41)23-13-15-36-16-14-23)42(26)19-21-8-10-24(11-9-21)32(33,34)35/h8-11,13-16,20,22,25H,2-7,12,17-19H2,1H3,(H,43,44)(H,37,38,39). The molecule has 232 valence electrons. The zero-order valence-electron chi connectivity index (χ0n) is 24.6. The molecule has 2 unspecified atom stereocenters. The molecule has 3 aromatic heterocycles. The minimum Gasteiger partial charge on any atom is -0.475 e. The van der Waals surface area contributed by atoms with Crippen LogP contribution in [0.4, 0.5) is 24.9 Å². The number of carbonyl (C=O) groups is 1. The highest BCUT2D eigenvalue weighted by molar-refractivity contribution is 5.91. The van der Waals surface area contributed by atoms with Gasteiger partial charge in [-0.2, -0.15) is 18.2 Å². The number of hydrogen-bond donors (Lipinski definition) is 2. The summed E-state index contributed by atoms with van der Waals surface area (Å²) >= 11 is 0. The number of fused-ring (bicyclic) bond motifs is 1. The highest BCUT2D eigenvalue weighted by Crippen LogP contribution is 2.38. The molecule has 44 heavy (non-hydrogen) atoms. The van der Waals surface area contributed by atoms with Crippen LogP contribution < -0.4 is 10.2 Å². The number of nitrogens with zero attached hydrogens (tertiary/aromatic N) is 6. The molecule has 0 amide bonds. The molecule has 0 bridgehead atoms. The third kappa shape index (κ3) is 6.20. The Morgan fingerprint density at radius 2 is 1.77 bits per heavy atom. The summed E-state index contributed by atoms with van der Waals surface area (Å²) in [5.41, 5.74) is 1.76. The zero-order chi connectivity index (χ0) is 30.8. The number of alkyl halides is 3. The van der Waals surface area contributed by atoms with Crippen LogP contribution in [0.1, 0.15) is 85.2 Å². The molecular formula is C32H36F3N7O2. The van der Waals surface area contributed by atoms with Gasteiger partial charge in [0.1, 0.15) is 5.52 Å². The van der Waals surface area contributed by atoms with E-state index in [1.807, 2.05) is 16.7 Å². The van der Waals surface area contributed by atoms with Crippen LogP contribution in [0.2, 0.25) is 0 Å². The number of rotatable bonds is 10. The number of nitrogens with one attached hydrogen (secondary N) is 1. The average Bonchev–Trinajstić information content (AvgIpc) is 3.34. The zero-order valence-corrected chi connectivity index (χ0v) is 24.6. The van der Waals surface area contributed by atoms with Gasteiger partial charge in [0, 0.05) is 25.5 Å². The molecular weight excluding hydrogens is 571 g/mol. The number of hydrogen-bond acceptors (Lipinski definition) is 7. The van der Waals surface area contributed by atoms with Crippen molar-refractivity contribution in [2.24, 2.45) is 11.8 Å². The predicted octanol–water partition coefficient (Wildman–Crippen LogP) is 6.96. The number of benzene rings is 1. The summed E-state index contributed by atoms with van der Waals surface area (Å²) < 4.78 is 41.9. The lowest BCUT2D eigenvalue weighted by atomic mass is 9.75. The van der Waals surface area contributed by atoms with Crippen molar-refractivity contribution >= 4 is 28.9 Å². The number of carboxylic acid groups (broad SMARTS) is 1. The number of halogens is 3. The van der Waals surface area contributed by atoms with Gasteiger partial charge in [-0.1, -0.05) is 38.3 Å². The Morgan fingerprint density at radius 1 is 1.02 bits per heavy atom. The van der Waals surface area contributed by atoms with Gasteiger partial charge in [-0.15, -0.1) is 0 Å². The molecule has 2 N–H and O–H groups in total. The number of piperidine rings is 1. The Balaban J connectivity index is 1.44. The number of aromatic carboxylic acids is 1. The molecule has 0 spiro atoms. The fourth-order valence-corrected chi connectivity index (χ4v) is 6.36. The molecule has 4 heterocycles. The lowest BCUT2D eigenvalue weighted by Gasteiger charge is -2.37. The van der Waals surface area contributed by atoms with E-state index in [1.165, 1.54) is 31.4 Å². The first-order valence-electron chi connectivity index (χ1n) is 15.3. The molecule has 9 nitrogen and oxygen atoms in total. The Hall–Kier alpha value is -4.22. The number of carboxylic acids is 1. The summed E-state index contributed by atoms with van der Waals surface area (Å²) in [5, 5.41) is 13.2. The summed E-state index contributed by atoms with van der Waals surface area (Å²) in [4.78, 5) is 32.0. The molecule has 1 aliphatic carbocycles. The van der Waals surface area contributed by atoms with Gasteiger partial charge >= 0.3 is 12.1 Å². The van der Waals surface area contributed by atoms with Crippen molar-refractivity contribution in [3.63, 3.8) is 0 Å². The van der Waals surface area contributed by atoms with Gasteiger partial charge in [0.25, 0.3) is 0 Å². The summed E-state index contributed by atoms with van der Waals surface area (Å²) in [6, 6.07) is 9.03. The van der Waals surface area contributed by atoms with Crippen LogP contribution >= 0.6 is 0 Å². The van der Waals surface area contributed by atoms with Crippen molar-refractivity contribution in [1.29, 1.82) is 0 Å². The number of aromatic nitrogens is 5. The largest absolute Gasteiger partial charge is 0.475 e. The maximum absolute atomic E-state index is 13.3. The Kier molecular flexibility index (Phi) is 8.42. The Bertz CT molecular complexity index is 1600. The van der Waals surface area contributed by atoms with E-state index in [0.29, 0.717) is 47.8 Å². The van der Waals surface area contributed by atoms with Crippen molar-refractivity contribution in [3.05, 3.63) is 71.3 Å². The van der Waals surface area contributed by atoms with Crippen LogP contribution in [0.15, 0.2) is 48.8 Å². The lowest BCUT2D eigenvalue weighted by Crippen LogP contribution is -2.35. The second kappa shape index (κ2) is 12.4. The smallest absolute Gasteiger partial charge is 0.416 e. The summed E-state index contributed by atoms with van der Waals surface area (Å²) in [7, 11) is 0. The summed E-state index contributed by atoms with van der Waals surface area (Å²) in [5.74, 6) is 0.541. The van der Waals surface area contributed by atoms with Gasteiger partial charge in [0.05, 0.1) is 18.2 Å². The summed E-state index contributed by atoms with van der Waals surface area (Å²) in [6.07, 6.45) is 6.54. The van der Waals surface area contributed by atoms with E-state index in [2.05, 4.69) is 32.1 Å². The molecule has 2 aliphatic rings. The third-order valence-electron chi connectivity index (χ3n) is 9.09. The van der Waals surface area contributed by atoms with Crippen molar-refractivity contribution in [2.45, 2.75) is 70.6 Å². The first-order valence-corrected chi connectivity index (χ1v) is 15.3. The van der Waals surface area contributed by atoms with Crippen LogP contribution in [0.3, 0.4) is 0 Å². The quantitative estimate of drug-likeness (QED) is 0.199. The second-order valence-electron chi connectivity index (χ2n) is 11.9. The van der Waals surface area contributed by atoms with E-state index in [1.54, 1.807) is 12.4 Å². The molecule has 12 heteroatoms. The van der Waals surface area contributed by atoms with Crippen LogP contribution in [0, 0.1) is 11.8 Å². The van der Waals surface area contributed by atoms with Crippen LogP contribution in [-0.4, -0.2) is 48.7 Å². The lowest BCUT2D eigenvalue weighted by molar-refractivity contribution is -0.137. The van der Waals surface area contributed by atoms with E-state index in [0.717, 1.165) is 43.4 Å². The van der Waals surface area contributed by atoms with E-state index in [-0.39, 0.29) is 24.1 Å². The maximum Gasteiger partial charge on any atom is 0.416 e. The normalized spacial score (nSPS) is 18.3. The monoisotopic (exact) mass is 607 g/mol. The third-order valence-corrected chi connectivity index (χ3v) is 9.09. The second-order valence-corrected chi connectivity index (χ2v) is 11.9. The van der Waals surface area contributed by atoms with E-state index in [4.69, 9.17) is 4.98 Å². The van der Waals surface area contributed by atoms with E-state index in [9.17, 15) is 23.1 Å². The van der Waals surface area contributed by atoms with Crippen molar-refractivity contribution in [1.82, 2.24) is 24.5 Å². The van der Waals surface area contributed by atoms with Gasteiger partial charge in [-0.25, -0.2) is 14.8 Å². The highest BCUT2D eigenvalue weighted by Gasteiger charge is 2.32. The molecule has 6 rings (SSSR count). The molecule has 0 radical (unpaired) electrons. The van der Waals surface area contributed by atoms with Gasteiger partial charge in [-0.3, -0.25) is 4.98 Å². The van der Waals surface area contributed by atoms with Gasteiger partial charge in [-0.05, 0) is 72.9 Å². The topological polar surface area (TPSA) is 109 Å². The molecule has 1 aliphatic heterocycles. The first-order chi connectivity index (χ1) is 21.2. The molecule has 1 saturated carbocycles. The minimum absolute atomic E-state index is 0.0124. The van der Waals surface area contributed by atoms with E-state index >= 15 is 0 Å². The fourth-order valence-electron chi connectivity index (χ4n) is 6.36. The molecule has 1 saturated heterocycles. The Labute approximate surface area is 253 Å². The van der Waals surface area contributed by atoms with Crippen molar-refractivity contribution in [3.8, 4) is 0 Å². The number of anilines is 2. The van der Waals surface area contributed by atoms with E-state index < -0.39 is 17.7 Å². The molecule has 2 atom stereocenters. The first kappa shape index (κ1) is 29.8. The SMILES string of the molecule is CC(CCNc1nc(C(=O)O)nc2nc(N3CCCCC3c3ccncc3)n(Cc3ccc(C(F)(F)F)cc3)c12)C1CCC1. The van der Waals surface area contributed by atoms with Gasteiger partial charge in [0.2, 0.25) is 11.8 Å². The van der Waals surface area contributed by atoms with Crippen LogP contribution in [0.25, 0.3) is 11.2 Å². The van der Waals surface area contributed by atoms with Crippen LogP contribution in [-0.2, 0) is 12.7 Å². The van der Waals surface area contributed by atoms with Crippen LogP contribution in [0.5, 0.6) is 0 Å². The average molecular weight is 608 g/mol. The highest BCUT2D eigenvalue weighted by atomic mass is 19.4. The van der Waals surface area contributed by atoms with Crippen molar-refractivity contribution < 1.29 is 23.1 Å². The molecule has 2 fully saturated rings. The summed E-state index contributed by atoms with van der Waals surface area (Å²) in [6.45, 7) is 3.73. The maximum atomic E-state index is 13.3. The minimum atomic E-state index is -4.44. The molecule has 4 aromatic rings. The molecule has 1 aromatic carbocycles. The van der Waals surface area contributed by atoms with Gasteiger partial charge < -0.3 is 19.9 Å². The van der Waals surface area contributed by atoms with Gasteiger partial charge in [0.15, 0.2) is 11.5 Å². The predicted molar refractivity (Wildman–Crippen MR) is 161 cm³/mol. The Morgan fingerprint density at radius 3 is 2.43 bits per heavy atom.